The highest BCUT2D eigenvalue weighted by molar-refractivity contribution is 9.10. The smallest absolute Gasteiger partial charge is 0.380 e. The van der Waals surface area contributed by atoms with Crippen LogP contribution in [0, 0.1) is 0 Å². The number of ether oxygens (including phenoxy) is 2. The van der Waals surface area contributed by atoms with E-state index in [0.717, 1.165) is 5.56 Å². The van der Waals surface area contributed by atoms with E-state index in [1.54, 1.807) is 54.6 Å². The monoisotopic (exact) mass is 544 g/mol. The first-order chi connectivity index (χ1) is 17.4. The Balaban J connectivity index is 1.65. The summed E-state index contributed by atoms with van der Waals surface area (Å²) in [6.07, 6.45) is 0. The van der Waals surface area contributed by atoms with E-state index in [4.69, 9.17) is 19.6 Å². The van der Waals surface area contributed by atoms with Gasteiger partial charge >= 0.3 is 11.6 Å². The van der Waals surface area contributed by atoms with Gasteiger partial charge in [0.15, 0.2) is 0 Å². The van der Waals surface area contributed by atoms with Gasteiger partial charge in [0, 0.05) is 26.7 Å². The molecular formula is C27H17BrN2O6. The van der Waals surface area contributed by atoms with Crippen molar-refractivity contribution in [1.82, 2.24) is 0 Å². The van der Waals surface area contributed by atoms with E-state index in [0.29, 0.717) is 21.1 Å². The van der Waals surface area contributed by atoms with E-state index in [1.165, 1.54) is 0 Å². The number of halogens is 1. The number of hydrogen-bond donors (Lipinski definition) is 2. The third-order valence-electron chi connectivity index (χ3n) is 6.37. The number of rotatable bonds is 3. The third kappa shape index (κ3) is 3.09. The minimum atomic E-state index is -1.82. The summed E-state index contributed by atoms with van der Waals surface area (Å²) in [5.74, 6) is -2.08. The topological polar surface area (TPSA) is 121 Å². The van der Waals surface area contributed by atoms with Crippen LogP contribution in [0.15, 0.2) is 97.9 Å². The molecule has 0 bridgehead atoms. The number of esters is 1. The zero-order valence-electron chi connectivity index (χ0n) is 18.5. The van der Waals surface area contributed by atoms with Gasteiger partial charge in [0.05, 0.1) is 0 Å². The number of amides is 1. The molecule has 0 unspecified atom stereocenters. The first-order valence-corrected chi connectivity index (χ1v) is 11.8. The average molecular weight is 545 g/mol. The van der Waals surface area contributed by atoms with Crippen LogP contribution in [0.5, 0.6) is 5.75 Å². The molecule has 0 saturated heterocycles. The minimum Gasteiger partial charge on any atom is -0.457 e. The number of para-hydroxylation sites is 1. The SMILES string of the molecule is NC1=C(C(=O)OCc2ccccc2)[C@@]2(C(=O)Nc3ccc(Br)cc32)c2c(c(=O)oc3ccccc23)O1. The highest BCUT2D eigenvalue weighted by Crippen LogP contribution is 2.55. The fourth-order valence-corrected chi connectivity index (χ4v) is 5.25. The van der Waals surface area contributed by atoms with Crippen LogP contribution in [0.4, 0.5) is 5.69 Å². The molecule has 0 radical (unpaired) electrons. The lowest BCUT2D eigenvalue weighted by Gasteiger charge is -2.35. The number of fused-ring (bicyclic) bond motifs is 6. The normalized spacial score (nSPS) is 18.0. The molecule has 1 aromatic heterocycles. The van der Waals surface area contributed by atoms with Gasteiger partial charge in [0.2, 0.25) is 17.5 Å². The number of nitrogens with one attached hydrogen (secondary N) is 1. The number of nitrogens with two attached hydrogens (primary N) is 1. The number of anilines is 1. The summed E-state index contributed by atoms with van der Waals surface area (Å²) in [6, 6.07) is 21.0. The van der Waals surface area contributed by atoms with Crippen LogP contribution in [0.1, 0.15) is 16.7 Å². The Morgan fingerprint density at radius 1 is 1.03 bits per heavy atom. The molecule has 1 atom stereocenters. The molecule has 0 fully saturated rings. The quantitative estimate of drug-likeness (QED) is 0.294. The van der Waals surface area contributed by atoms with Crippen LogP contribution in [-0.2, 0) is 26.3 Å². The second kappa shape index (κ2) is 8.10. The number of carbonyl (C=O) groups is 2. The Kier molecular flexibility index (Phi) is 4.97. The van der Waals surface area contributed by atoms with E-state index in [1.807, 2.05) is 18.2 Å². The molecule has 3 N–H and O–H groups in total. The molecule has 6 rings (SSSR count). The minimum absolute atomic E-state index is 0.0516. The van der Waals surface area contributed by atoms with Crippen molar-refractivity contribution in [2.75, 3.05) is 5.32 Å². The molecule has 36 heavy (non-hydrogen) atoms. The van der Waals surface area contributed by atoms with Gasteiger partial charge in [-0.05, 0) is 29.8 Å². The maximum atomic E-state index is 14.0. The zero-order valence-corrected chi connectivity index (χ0v) is 20.1. The van der Waals surface area contributed by atoms with Crippen molar-refractivity contribution in [3.8, 4) is 5.75 Å². The van der Waals surface area contributed by atoms with Crippen LogP contribution in [0.25, 0.3) is 11.0 Å². The summed E-state index contributed by atoms with van der Waals surface area (Å²) in [6.45, 7) is -0.0516. The van der Waals surface area contributed by atoms with Gasteiger partial charge in [-0.1, -0.05) is 64.5 Å². The maximum absolute atomic E-state index is 14.0. The summed E-state index contributed by atoms with van der Waals surface area (Å²) < 4.78 is 17.4. The van der Waals surface area contributed by atoms with Crippen molar-refractivity contribution in [1.29, 1.82) is 0 Å². The first kappa shape index (κ1) is 22.1. The van der Waals surface area contributed by atoms with Gasteiger partial charge in [0.1, 0.15) is 23.2 Å². The number of hydrogen-bond acceptors (Lipinski definition) is 7. The lowest BCUT2D eigenvalue weighted by atomic mass is 9.67. The highest BCUT2D eigenvalue weighted by atomic mass is 79.9. The van der Waals surface area contributed by atoms with Crippen LogP contribution in [-0.4, -0.2) is 11.9 Å². The van der Waals surface area contributed by atoms with Crippen molar-refractivity contribution in [3.05, 3.63) is 116 Å². The molecular weight excluding hydrogens is 528 g/mol. The van der Waals surface area contributed by atoms with Crippen molar-refractivity contribution in [3.63, 3.8) is 0 Å². The first-order valence-electron chi connectivity index (χ1n) is 11.0. The Morgan fingerprint density at radius 3 is 2.58 bits per heavy atom. The third-order valence-corrected chi connectivity index (χ3v) is 6.86. The standard InChI is InChI=1S/C27H17BrN2O6/c28-15-10-11-18-17(12-15)27(26(33)30-18)20-16-8-4-5-9-19(16)35-25(32)22(20)36-23(29)21(27)24(31)34-13-14-6-2-1-3-7-14/h1-12H,13,29H2,(H,30,33)/t27-/m0/s1. The van der Waals surface area contributed by atoms with Gasteiger partial charge < -0.3 is 24.9 Å². The van der Waals surface area contributed by atoms with Crippen molar-refractivity contribution < 1.29 is 23.5 Å². The van der Waals surface area contributed by atoms with E-state index >= 15 is 0 Å². The Hall–Kier alpha value is -4.37. The van der Waals surface area contributed by atoms with E-state index in [2.05, 4.69) is 21.2 Å². The second-order valence-corrected chi connectivity index (χ2v) is 9.30. The maximum Gasteiger partial charge on any atom is 0.380 e. The summed E-state index contributed by atoms with van der Waals surface area (Å²) in [5, 5.41) is 3.27. The summed E-state index contributed by atoms with van der Waals surface area (Å²) in [4.78, 5) is 40.6. The lowest BCUT2D eigenvalue weighted by Crippen LogP contribution is -2.47. The molecule has 4 aromatic rings. The van der Waals surface area contributed by atoms with Crippen molar-refractivity contribution in [2.24, 2.45) is 5.73 Å². The van der Waals surface area contributed by atoms with Crippen LogP contribution in [0.2, 0.25) is 0 Å². The average Bonchev–Trinajstić information content (AvgIpc) is 3.14. The molecule has 0 aliphatic carbocycles. The molecule has 9 heteroatoms. The summed E-state index contributed by atoms with van der Waals surface area (Å²) in [5.41, 5.74) is 5.47. The molecule has 8 nitrogen and oxygen atoms in total. The van der Waals surface area contributed by atoms with Gasteiger partial charge in [-0.25, -0.2) is 9.59 Å². The fourth-order valence-electron chi connectivity index (χ4n) is 4.89. The van der Waals surface area contributed by atoms with Crippen LogP contribution in [0.3, 0.4) is 0 Å². The summed E-state index contributed by atoms with van der Waals surface area (Å²) in [7, 11) is 0. The number of benzene rings is 3. The fraction of sp³-hybridized carbons (Fsp3) is 0.0741. The Morgan fingerprint density at radius 2 is 1.78 bits per heavy atom. The molecule has 2 aliphatic rings. The highest BCUT2D eigenvalue weighted by Gasteiger charge is 2.60. The Bertz CT molecular complexity index is 1680. The van der Waals surface area contributed by atoms with Crippen LogP contribution < -0.4 is 21.4 Å². The molecule has 1 amide bonds. The lowest BCUT2D eigenvalue weighted by molar-refractivity contribution is -0.142. The van der Waals surface area contributed by atoms with E-state index < -0.39 is 28.8 Å². The Labute approximate surface area is 212 Å². The van der Waals surface area contributed by atoms with Crippen molar-refractivity contribution in [2.45, 2.75) is 12.0 Å². The van der Waals surface area contributed by atoms with E-state index in [9.17, 15) is 14.4 Å². The van der Waals surface area contributed by atoms with Gasteiger partial charge in [-0.3, -0.25) is 4.79 Å². The molecule has 2 aliphatic heterocycles. The molecule has 3 aromatic carbocycles. The van der Waals surface area contributed by atoms with Crippen LogP contribution >= 0.6 is 15.9 Å². The van der Waals surface area contributed by atoms with Gasteiger partial charge in [-0.2, -0.15) is 0 Å². The van der Waals surface area contributed by atoms with Gasteiger partial charge in [0.25, 0.3) is 0 Å². The molecule has 1 spiro atoms. The zero-order chi connectivity index (χ0) is 25.0. The molecule has 0 saturated carbocycles. The number of carbonyl (C=O) groups excluding carboxylic acids is 2. The summed E-state index contributed by atoms with van der Waals surface area (Å²) >= 11 is 3.46. The largest absolute Gasteiger partial charge is 0.457 e. The molecule has 178 valence electrons. The predicted octanol–water partition coefficient (Wildman–Crippen LogP) is 4.10. The second-order valence-electron chi connectivity index (χ2n) is 8.39. The van der Waals surface area contributed by atoms with Gasteiger partial charge in [-0.15, -0.1) is 0 Å². The van der Waals surface area contributed by atoms with E-state index in [-0.39, 0.29) is 29.1 Å². The molecule has 3 heterocycles. The van der Waals surface area contributed by atoms with Crippen molar-refractivity contribution >= 4 is 44.5 Å². The predicted molar refractivity (Wildman–Crippen MR) is 134 cm³/mol.